The van der Waals surface area contributed by atoms with Crippen LogP contribution in [0.4, 0.5) is 0 Å². The van der Waals surface area contributed by atoms with Crippen LogP contribution in [0.15, 0.2) is 47.6 Å². The highest BCUT2D eigenvalue weighted by atomic mass is 35.5. The molecule has 0 atom stereocenters. The van der Waals surface area contributed by atoms with E-state index in [1.54, 1.807) is 26.4 Å². The van der Waals surface area contributed by atoms with Gasteiger partial charge in [0, 0.05) is 46.5 Å². The predicted molar refractivity (Wildman–Crippen MR) is 122 cm³/mol. The summed E-state index contributed by atoms with van der Waals surface area (Å²) in [6.45, 7) is 4.52. The van der Waals surface area contributed by atoms with Gasteiger partial charge in [-0.1, -0.05) is 29.8 Å². The SMILES string of the molecule is CN=C(NCCc1ccc(Cl)nc1)NCc1cccc(OCCN(C)CCOC)c1. The maximum atomic E-state index is 5.88. The molecule has 0 saturated heterocycles. The summed E-state index contributed by atoms with van der Waals surface area (Å²) in [5.74, 6) is 1.62. The number of nitrogens with zero attached hydrogens (tertiary/aromatic N) is 3. The van der Waals surface area contributed by atoms with E-state index >= 15 is 0 Å². The number of nitrogens with one attached hydrogen (secondary N) is 2. The van der Waals surface area contributed by atoms with Crippen LogP contribution in [0.25, 0.3) is 0 Å². The van der Waals surface area contributed by atoms with Gasteiger partial charge in [0.25, 0.3) is 0 Å². The Labute approximate surface area is 184 Å². The Hall–Kier alpha value is -2.35. The van der Waals surface area contributed by atoms with E-state index < -0.39 is 0 Å². The maximum absolute atomic E-state index is 5.88. The zero-order valence-corrected chi connectivity index (χ0v) is 18.8. The molecule has 0 unspecified atom stereocenters. The first-order valence-corrected chi connectivity index (χ1v) is 10.4. The van der Waals surface area contributed by atoms with Crippen molar-refractivity contribution in [1.29, 1.82) is 0 Å². The van der Waals surface area contributed by atoms with Gasteiger partial charge in [0.1, 0.15) is 17.5 Å². The van der Waals surface area contributed by atoms with E-state index in [9.17, 15) is 0 Å². The number of aromatic nitrogens is 1. The quantitative estimate of drug-likeness (QED) is 0.304. The molecule has 0 radical (unpaired) electrons. The number of hydrogen-bond acceptors (Lipinski definition) is 5. The van der Waals surface area contributed by atoms with E-state index in [0.29, 0.717) is 18.3 Å². The molecule has 7 nitrogen and oxygen atoms in total. The number of benzene rings is 1. The monoisotopic (exact) mass is 433 g/mol. The minimum atomic E-state index is 0.508. The molecule has 0 bridgehead atoms. The molecule has 1 aromatic heterocycles. The lowest BCUT2D eigenvalue weighted by Gasteiger charge is -2.16. The fourth-order valence-corrected chi connectivity index (χ4v) is 2.82. The third-order valence-electron chi connectivity index (χ3n) is 4.50. The van der Waals surface area contributed by atoms with Crippen LogP contribution in [0.5, 0.6) is 5.75 Å². The summed E-state index contributed by atoms with van der Waals surface area (Å²) in [7, 11) is 5.54. The number of ether oxygens (including phenoxy) is 2. The zero-order chi connectivity index (χ0) is 21.6. The number of guanidine groups is 1. The molecule has 0 saturated carbocycles. The van der Waals surface area contributed by atoms with Gasteiger partial charge in [-0.15, -0.1) is 0 Å². The first-order chi connectivity index (χ1) is 14.6. The number of methoxy groups -OCH3 is 1. The van der Waals surface area contributed by atoms with Crippen molar-refractivity contribution in [3.8, 4) is 5.75 Å². The zero-order valence-electron chi connectivity index (χ0n) is 18.0. The molecule has 2 N–H and O–H groups in total. The first-order valence-electron chi connectivity index (χ1n) is 10.0. The summed E-state index contributed by atoms with van der Waals surface area (Å²) in [6, 6.07) is 11.9. The highest BCUT2D eigenvalue weighted by Gasteiger charge is 2.03. The number of rotatable bonds is 12. The third kappa shape index (κ3) is 9.43. The second kappa shape index (κ2) is 13.8. The minimum absolute atomic E-state index is 0.508. The lowest BCUT2D eigenvalue weighted by atomic mass is 10.2. The average molecular weight is 434 g/mol. The molecule has 8 heteroatoms. The molecule has 0 aliphatic rings. The van der Waals surface area contributed by atoms with Gasteiger partial charge in [0.05, 0.1) is 6.61 Å². The normalized spacial score (nSPS) is 11.6. The molecule has 0 aliphatic carbocycles. The Bertz CT molecular complexity index is 770. The molecule has 1 aromatic carbocycles. The van der Waals surface area contributed by atoms with Gasteiger partial charge in [-0.05, 0) is 42.8 Å². The molecule has 164 valence electrons. The number of halogens is 1. The van der Waals surface area contributed by atoms with Gasteiger partial charge in [-0.2, -0.15) is 0 Å². The Morgan fingerprint density at radius 3 is 2.70 bits per heavy atom. The molecule has 0 aliphatic heterocycles. The molecule has 30 heavy (non-hydrogen) atoms. The highest BCUT2D eigenvalue weighted by Crippen LogP contribution is 2.13. The van der Waals surface area contributed by atoms with Crippen molar-refractivity contribution < 1.29 is 9.47 Å². The summed E-state index contributed by atoms with van der Waals surface area (Å²) in [4.78, 5) is 10.6. The van der Waals surface area contributed by atoms with Crippen molar-refractivity contribution in [2.24, 2.45) is 4.99 Å². The lowest BCUT2D eigenvalue weighted by Crippen LogP contribution is -2.37. The van der Waals surface area contributed by atoms with Crippen LogP contribution in [0.3, 0.4) is 0 Å². The third-order valence-corrected chi connectivity index (χ3v) is 4.72. The Morgan fingerprint density at radius 1 is 1.13 bits per heavy atom. The number of likely N-dealkylation sites (N-methyl/N-ethyl adjacent to an activating group) is 1. The van der Waals surface area contributed by atoms with E-state index in [1.165, 1.54) is 0 Å². The van der Waals surface area contributed by atoms with Crippen LogP contribution in [0.2, 0.25) is 5.15 Å². The highest BCUT2D eigenvalue weighted by molar-refractivity contribution is 6.29. The van der Waals surface area contributed by atoms with Crippen molar-refractivity contribution in [3.05, 3.63) is 58.9 Å². The summed E-state index contributed by atoms with van der Waals surface area (Å²) >= 11 is 5.82. The fourth-order valence-electron chi connectivity index (χ4n) is 2.71. The van der Waals surface area contributed by atoms with Crippen molar-refractivity contribution in [2.45, 2.75) is 13.0 Å². The minimum Gasteiger partial charge on any atom is -0.492 e. The summed E-state index contributed by atoms with van der Waals surface area (Å²) < 4.78 is 11.0. The lowest BCUT2D eigenvalue weighted by molar-refractivity contribution is 0.150. The molecule has 1 heterocycles. The standard InChI is InChI=1S/C22H32ClN5O2/c1-24-22(25-10-9-18-7-8-21(23)26-16-18)27-17-19-5-4-6-20(15-19)30-14-12-28(2)11-13-29-3/h4-8,15-16H,9-14,17H2,1-3H3,(H2,24,25,27). The Morgan fingerprint density at radius 2 is 1.97 bits per heavy atom. The summed E-state index contributed by atoms with van der Waals surface area (Å²) in [6.07, 6.45) is 2.63. The van der Waals surface area contributed by atoms with E-state index in [0.717, 1.165) is 55.5 Å². The van der Waals surface area contributed by atoms with E-state index in [4.69, 9.17) is 21.1 Å². The number of hydrogen-bond donors (Lipinski definition) is 2. The van der Waals surface area contributed by atoms with Crippen molar-refractivity contribution in [1.82, 2.24) is 20.5 Å². The molecule has 0 spiro atoms. The molecular weight excluding hydrogens is 402 g/mol. The summed E-state index contributed by atoms with van der Waals surface area (Å²) in [5.41, 5.74) is 2.25. The summed E-state index contributed by atoms with van der Waals surface area (Å²) in [5, 5.41) is 7.15. The Kier molecular flexibility index (Phi) is 11.0. The largest absolute Gasteiger partial charge is 0.492 e. The van der Waals surface area contributed by atoms with Crippen LogP contribution in [0, 0.1) is 0 Å². The number of pyridine rings is 1. The Balaban J connectivity index is 1.71. The molecule has 0 fully saturated rings. The molecule has 2 aromatic rings. The molecular formula is C22H32ClN5O2. The smallest absolute Gasteiger partial charge is 0.191 e. The van der Waals surface area contributed by atoms with Gasteiger partial charge in [0.2, 0.25) is 0 Å². The average Bonchev–Trinajstić information content (AvgIpc) is 2.76. The van der Waals surface area contributed by atoms with Gasteiger partial charge in [0.15, 0.2) is 5.96 Å². The van der Waals surface area contributed by atoms with Crippen molar-refractivity contribution >= 4 is 17.6 Å². The van der Waals surface area contributed by atoms with Crippen LogP contribution >= 0.6 is 11.6 Å². The van der Waals surface area contributed by atoms with Crippen LogP contribution in [-0.4, -0.2) is 69.9 Å². The topological polar surface area (TPSA) is 71.0 Å². The van der Waals surface area contributed by atoms with Crippen molar-refractivity contribution in [3.63, 3.8) is 0 Å². The van der Waals surface area contributed by atoms with E-state index in [1.807, 2.05) is 18.2 Å². The van der Waals surface area contributed by atoms with Gasteiger partial charge >= 0.3 is 0 Å². The number of aliphatic imine (C=N–C) groups is 1. The van der Waals surface area contributed by atoms with Crippen LogP contribution in [-0.2, 0) is 17.7 Å². The maximum Gasteiger partial charge on any atom is 0.191 e. The van der Waals surface area contributed by atoms with Crippen molar-refractivity contribution in [2.75, 3.05) is 54.1 Å². The first kappa shape index (κ1) is 23.9. The second-order valence-corrected chi connectivity index (χ2v) is 7.27. The van der Waals surface area contributed by atoms with Crippen LogP contribution in [0.1, 0.15) is 11.1 Å². The molecule has 0 amide bonds. The van der Waals surface area contributed by atoms with Gasteiger partial charge in [-0.25, -0.2) is 4.98 Å². The predicted octanol–water partition coefficient (Wildman–Crippen LogP) is 2.60. The van der Waals surface area contributed by atoms with Gasteiger partial charge < -0.3 is 25.0 Å². The fraction of sp³-hybridized carbons (Fsp3) is 0.455. The molecule has 2 rings (SSSR count). The second-order valence-electron chi connectivity index (χ2n) is 6.88. The van der Waals surface area contributed by atoms with E-state index in [2.05, 4.69) is 44.7 Å². The van der Waals surface area contributed by atoms with E-state index in [-0.39, 0.29) is 0 Å². The van der Waals surface area contributed by atoms with Crippen LogP contribution < -0.4 is 15.4 Å². The van der Waals surface area contributed by atoms with Gasteiger partial charge in [-0.3, -0.25) is 4.99 Å².